The van der Waals surface area contributed by atoms with E-state index in [1.165, 1.54) is 0 Å². The van der Waals surface area contributed by atoms with Crippen LogP contribution in [-0.2, 0) is 0 Å². The first-order valence-electron chi connectivity index (χ1n) is 15.7. The summed E-state index contributed by atoms with van der Waals surface area (Å²) in [6, 6.07) is 47.2. The SMILES string of the molecule is Oc1ccc(-c2ccc3ccc4ccc(-c5cccc(-c6ccc7ccc8ccc(-c9ccc(O)cc9)nc8c7n6)c5)nc4c3n2)cc1. The number of pyridine rings is 4. The minimum absolute atomic E-state index is 0.224. The van der Waals surface area contributed by atoms with Crippen molar-refractivity contribution in [1.29, 1.82) is 0 Å². The van der Waals surface area contributed by atoms with Crippen molar-refractivity contribution in [2.24, 2.45) is 0 Å². The van der Waals surface area contributed by atoms with Crippen molar-refractivity contribution in [3.8, 4) is 56.5 Å². The molecule has 0 spiro atoms. The van der Waals surface area contributed by atoms with Gasteiger partial charge in [0.15, 0.2) is 0 Å². The number of aromatic nitrogens is 4. The number of nitrogens with zero attached hydrogens (tertiary/aromatic N) is 4. The molecule has 0 unspecified atom stereocenters. The first kappa shape index (κ1) is 27.6. The third-order valence-electron chi connectivity index (χ3n) is 8.82. The highest BCUT2D eigenvalue weighted by atomic mass is 16.3. The Bertz CT molecular complexity index is 2500. The Hall–Kier alpha value is -6.66. The zero-order valence-electron chi connectivity index (χ0n) is 25.5. The fourth-order valence-electron chi connectivity index (χ4n) is 6.28. The van der Waals surface area contributed by atoms with Crippen LogP contribution in [0.15, 0.2) is 146 Å². The first-order chi connectivity index (χ1) is 23.6. The third-order valence-corrected chi connectivity index (χ3v) is 8.82. The summed E-state index contributed by atoms with van der Waals surface area (Å²) in [6.07, 6.45) is 0. The molecule has 6 heteroatoms. The molecule has 9 rings (SSSR count). The second-order valence-electron chi connectivity index (χ2n) is 11.9. The third kappa shape index (κ3) is 4.84. The van der Waals surface area contributed by atoms with Gasteiger partial charge in [-0.3, -0.25) is 0 Å². The molecule has 0 fully saturated rings. The summed E-state index contributed by atoms with van der Waals surface area (Å²) in [5.74, 6) is 0.448. The molecule has 9 aromatic rings. The minimum atomic E-state index is 0.224. The van der Waals surface area contributed by atoms with E-state index in [4.69, 9.17) is 19.9 Å². The normalized spacial score (nSPS) is 11.5. The van der Waals surface area contributed by atoms with Crippen LogP contribution in [0.3, 0.4) is 0 Å². The molecule has 0 bridgehead atoms. The van der Waals surface area contributed by atoms with Gasteiger partial charge in [-0.25, -0.2) is 19.9 Å². The standard InChI is InChI=1S/C42H26N4O2/c47-33-16-8-25(9-17-33)35-20-12-27-4-6-29-14-22-37(45-41(29)39(27)43-35)31-2-1-3-32(24-31)38-23-15-30-7-5-28-13-21-36(44-40(28)42(30)46-38)26-10-18-34(48)19-11-26/h1-24,47-48H. The highest BCUT2D eigenvalue weighted by Gasteiger charge is 2.12. The van der Waals surface area contributed by atoms with Crippen LogP contribution in [0.5, 0.6) is 11.5 Å². The topological polar surface area (TPSA) is 92.0 Å². The van der Waals surface area contributed by atoms with Gasteiger partial charge in [0.25, 0.3) is 0 Å². The summed E-state index contributed by atoms with van der Waals surface area (Å²) in [7, 11) is 0. The second-order valence-corrected chi connectivity index (χ2v) is 11.9. The van der Waals surface area contributed by atoms with E-state index in [-0.39, 0.29) is 11.5 Å². The lowest BCUT2D eigenvalue weighted by Crippen LogP contribution is -1.92. The van der Waals surface area contributed by atoms with Crippen molar-refractivity contribution < 1.29 is 10.2 Å². The van der Waals surface area contributed by atoms with Crippen molar-refractivity contribution in [2.75, 3.05) is 0 Å². The van der Waals surface area contributed by atoms with Gasteiger partial charge in [0.1, 0.15) is 11.5 Å². The number of fused-ring (bicyclic) bond motifs is 6. The second kappa shape index (κ2) is 11.0. The van der Waals surface area contributed by atoms with E-state index in [1.807, 2.05) is 54.6 Å². The molecule has 0 saturated heterocycles. The fraction of sp³-hybridized carbons (Fsp3) is 0. The van der Waals surface area contributed by atoms with Crippen molar-refractivity contribution in [1.82, 2.24) is 19.9 Å². The molecule has 6 nitrogen and oxygen atoms in total. The quantitative estimate of drug-likeness (QED) is 0.191. The van der Waals surface area contributed by atoms with Crippen LogP contribution >= 0.6 is 0 Å². The fourth-order valence-corrected chi connectivity index (χ4v) is 6.28. The van der Waals surface area contributed by atoms with Gasteiger partial charge in [0.05, 0.1) is 44.8 Å². The molecule has 48 heavy (non-hydrogen) atoms. The molecule has 0 saturated carbocycles. The van der Waals surface area contributed by atoms with Crippen molar-refractivity contribution in [3.63, 3.8) is 0 Å². The Morgan fingerprint density at radius 3 is 0.917 bits per heavy atom. The number of phenolic OH excluding ortho intramolecular Hbond substituents is 2. The molecule has 0 radical (unpaired) electrons. The zero-order valence-corrected chi connectivity index (χ0v) is 25.5. The van der Waals surface area contributed by atoms with Crippen molar-refractivity contribution >= 4 is 43.6 Å². The lowest BCUT2D eigenvalue weighted by atomic mass is 10.0. The molecule has 0 aliphatic rings. The van der Waals surface area contributed by atoms with Crippen LogP contribution in [0.25, 0.3) is 88.6 Å². The molecular formula is C42H26N4O2. The van der Waals surface area contributed by atoms with E-state index in [0.29, 0.717) is 0 Å². The molecule has 0 amide bonds. The van der Waals surface area contributed by atoms with Gasteiger partial charge in [-0.1, -0.05) is 66.7 Å². The monoisotopic (exact) mass is 618 g/mol. The van der Waals surface area contributed by atoms with Crippen LogP contribution in [-0.4, -0.2) is 30.1 Å². The number of rotatable bonds is 4. The molecule has 0 aliphatic carbocycles. The molecule has 2 N–H and O–H groups in total. The summed E-state index contributed by atoms with van der Waals surface area (Å²) in [4.78, 5) is 20.3. The van der Waals surface area contributed by atoms with E-state index in [2.05, 4.69) is 66.7 Å². The van der Waals surface area contributed by atoms with Gasteiger partial charge in [0, 0.05) is 43.8 Å². The maximum absolute atomic E-state index is 9.75. The number of hydrogen-bond acceptors (Lipinski definition) is 6. The predicted octanol–water partition coefficient (Wildman–Crippen LogP) is 9.96. The molecule has 4 heterocycles. The first-order valence-corrected chi connectivity index (χ1v) is 15.7. The summed E-state index contributed by atoms with van der Waals surface area (Å²) in [6.45, 7) is 0. The molecule has 5 aromatic carbocycles. The Labute approximate surface area is 275 Å². The lowest BCUT2D eigenvalue weighted by molar-refractivity contribution is 0.475. The summed E-state index contributed by atoms with van der Waals surface area (Å²) in [5.41, 5.74) is 10.5. The Balaban J connectivity index is 1.13. The average molecular weight is 619 g/mol. The van der Waals surface area contributed by atoms with Crippen LogP contribution in [0.1, 0.15) is 0 Å². The van der Waals surface area contributed by atoms with E-state index in [1.54, 1.807) is 24.3 Å². The Morgan fingerprint density at radius 1 is 0.292 bits per heavy atom. The summed E-state index contributed by atoms with van der Waals surface area (Å²) in [5, 5.41) is 23.6. The van der Waals surface area contributed by atoms with E-state index in [0.717, 1.165) is 88.6 Å². The number of hydrogen-bond donors (Lipinski definition) is 2. The molecule has 0 atom stereocenters. The zero-order chi connectivity index (χ0) is 32.2. The largest absolute Gasteiger partial charge is 0.508 e. The van der Waals surface area contributed by atoms with Crippen LogP contribution in [0.4, 0.5) is 0 Å². The maximum Gasteiger partial charge on any atom is 0.115 e. The molecule has 4 aromatic heterocycles. The van der Waals surface area contributed by atoms with Gasteiger partial charge in [-0.15, -0.1) is 0 Å². The van der Waals surface area contributed by atoms with Gasteiger partial charge in [-0.05, 0) is 78.9 Å². The van der Waals surface area contributed by atoms with Crippen molar-refractivity contribution in [2.45, 2.75) is 0 Å². The van der Waals surface area contributed by atoms with Gasteiger partial charge >= 0.3 is 0 Å². The van der Waals surface area contributed by atoms with Gasteiger partial charge in [0.2, 0.25) is 0 Å². The van der Waals surface area contributed by atoms with Crippen LogP contribution in [0, 0.1) is 0 Å². The van der Waals surface area contributed by atoms with Crippen molar-refractivity contribution in [3.05, 3.63) is 146 Å². The van der Waals surface area contributed by atoms with E-state index in [9.17, 15) is 10.2 Å². The summed E-state index contributed by atoms with van der Waals surface area (Å²) >= 11 is 0. The number of aromatic hydroxyl groups is 2. The van der Waals surface area contributed by atoms with E-state index >= 15 is 0 Å². The minimum Gasteiger partial charge on any atom is -0.508 e. The molecular weight excluding hydrogens is 592 g/mol. The molecule has 226 valence electrons. The molecule has 0 aliphatic heterocycles. The van der Waals surface area contributed by atoms with Crippen LogP contribution < -0.4 is 0 Å². The van der Waals surface area contributed by atoms with Crippen LogP contribution in [0.2, 0.25) is 0 Å². The number of phenols is 2. The highest BCUT2D eigenvalue weighted by molar-refractivity contribution is 6.05. The summed E-state index contributed by atoms with van der Waals surface area (Å²) < 4.78 is 0. The van der Waals surface area contributed by atoms with E-state index < -0.39 is 0 Å². The number of benzene rings is 5. The van der Waals surface area contributed by atoms with Gasteiger partial charge < -0.3 is 10.2 Å². The lowest BCUT2D eigenvalue weighted by Gasteiger charge is -2.10. The Morgan fingerprint density at radius 2 is 0.583 bits per heavy atom. The highest BCUT2D eigenvalue weighted by Crippen LogP contribution is 2.33. The average Bonchev–Trinajstić information content (AvgIpc) is 3.14. The Kier molecular flexibility index (Phi) is 6.33. The van der Waals surface area contributed by atoms with Gasteiger partial charge in [-0.2, -0.15) is 0 Å². The maximum atomic E-state index is 9.75. The smallest absolute Gasteiger partial charge is 0.115 e. The predicted molar refractivity (Wildman–Crippen MR) is 193 cm³/mol.